The fourth-order valence-electron chi connectivity index (χ4n) is 4.01. The van der Waals surface area contributed by atoms with Crippen LogP contribution in [-0.2, 0) is 14.8 Å². The molecule has 1 aromatic rings. The van der Waals surface area contributed by atoms with Gasteiger partial charge in [-0.05, 0) is 69.6 Å². The van der Waals surface area contributed by atoms with Gasteiger partial charge in [0.25, 0.3) is 10.0 Å². The average molecular weight is 494 g/mol. The third kappa shape index (κ3) is 7.22. The Labute approximate surface area is 204 Å². The van der Waals surface area contributed by atoms with E-state index in [1.807, 2.05) is 45.9 Å². The fraction of sp³-hybridized carbons (Fsp3) is 0.600. The summed E-state index contributed by atoms with van der Waals surface area (Å²) in [4.78, 5) is 26.8. The monoisotopic (exact) mass is 493 g/mol. The number of hydrogen-bond donors (Lipinski definition) is 2. The van der Waals surface area contributed by atoms with Gasteiger partial charge in [0.2, 0.25) is 0 Å². The molecule has 1 heterocycles. The van der Waals surface area contributed by atoms with Gasteiger partial charge < -0.3 is 10.1 Å². The minimum absolute atomic E-state index is 0.145. The van der Waals surface area contributed by atoms with Gasteiger partial charge in [0.1, 0.15) is 5.60 Å². The van der Waals surface area contributed by atoms with Gasteiger partial charge in [-0.15, -0.1) is 0 Å². The SMILES string of the molecule is CC(C)c1cccc(C(C)C)c1NC(=O)NS(=O)(=O)/C=C/[C@]1(C)CCCN1C(=O)OC(C)(C)C. The molecule has 1 fully saturated rings. The van der Waals surface area contributed by atoms with Crippen LogP contribution in [0.5, 0.6) is 0 Å². The predicted molar refractivity (Wildman–Crippen MR) is 135 cm³/mol. The molecule has 0 aromatic heterocycles. The van der Waals surface area contributed by atoms with Crippen molar-refractivity contribution in [3.63, 3.8) is 0 Å². The van der Waals surface area contributed by atoms with Gasteiger partial charge in [0.05, 0.1) is 5.54 Å². The molecule has 190 valence electrons. The van der Waals surface area contributed by atoms with Crippen molar-refractivity contribution in [2.75, 3.05) is 11.9 Å². The highest BCUT2D eigenvalue weighted by Gasteiger charge is 2.40. The van der Waals surface area contributed by atoms with E-state index >= 15 is 0 Å². The van der Waals surface area contributed by atoms with E-state index in [2.05, 4.69) is 10.0 Å². The molecule has 9 heteroatoms. The molecular formula is C25H39N3O5S. The van der Waals surface area contributed by atoms with Crippen LogP contribution in [0.1, 0.15) is 91.2 Å². The lowest BCUT2D eigenvalue weighted by Gasteiger charge is -2.34. The molecule has 1 aromatic carbocycles. The second kappa shape index (κ2) is 10.4. The number of urea groups is 1. The first-order valence-electron chi connectivity index (χ1n) is 11.7. The number of para-hydroxylation sites is 1. The Morgan fingerprint density at radius 1 is 1.12 bits per heavy atom. The number of hydrogen-bond acceptors (Lipinski definition) is 5. The number of likely N-dealkylation sites (tertiary alicyclic amines) is 1. The van der Waals surface area contributed by atoms with Crippen LogP contribution in [-0.4, -0.2) is 43.1 Å². The molecule has 0 aliphatic carbocycles. The van der Waals surface area contributed by atoms with E-state index in [1.165, 1.54) is 11.0 Å². The van der Waals surface area contributed by atoms with Crippen LogP contribution in [0.2, 0.25) is 0 Å². The molecule has 1 aliphatic rings. The van der Waals surface area contributed by atoms with Crippen molar-refractivity contribution in [3.8, 4) is 0 Å². The van der Waals surface area contributed by atoms with E-state index in [-0.39, 0.29) is 11.8 Å². The average Bonchev–Trinajstić information content (AvgIpc) is 3.07. The molecule has 1 atom stereocenters. The third-order valence-electron chi connectivity index (χ3n) is 5.75. The van der Waals surface area contributed by atoms with Crippen LogP contribution in [0, 0.1) is 0 Å². The maximum absolute atomic E-state index is 12.7. The molecule has 0 saturated carbocycles. The van der Waals surface area contributed by atoms with Gasteiger partial charge in [0, 0.05) is 17.6 Å². The van der Waals surface area contributed by atoms with Gasteiger partial charge in [-0.2, -0.15) is 0 Å². The fourth-order valence-corrected chi connectivity index (χ4v) is 4.86. The van der Waals surface area contributed by atoms with E-state index in [4.69, 9.17) is 4.74 Å². The van der Waals surface area contributed by atoms with E-state index in [0.717, 1.165) is 23.0 Å². The van der Waals surface area contributed by atoms with Crippen LogP contribution >= 0.6 is 0 Å². The molecule has 8 nitrogen and oxygen atoms in total. The van der Waals surface area contributed by atoms with Crippen molar-refractivity contribution >= 4 is 27.8 Å². The second-order valence-electron chi connectivity index (χ2n) is 10.6. The van der Waals surface area contributed by atoms with Crippen LogP contribution in [0.25, 0.3) is 0 Å². The Morgan fingerprint density at radius 2 is 1.68 bits per heavy atom. The Hall–Kier alpha value is -2.55. The summed E-state index contributed by atoms with van der Waals surface area (Å²) in [5.74, 6) is 0.290. The number of benzene rings is 1. The van der Waals surface area contributed by atoms with Gasteiger partial charge in [-0.25, -0.2) is 22.7 Å². The first-order chi connectivity index (χ1) is 15.5. The standard InChI is InChI=1S/C25H39N3O5S/c1-17(2)19-11-9-12-20(18(3)4)21(19)26-22(29)27-34(31,32)16-14-25(8)13-10-15-28(25)23(30)33-24(5,6)7/h9,11-12,14,16-18H,10,13,15H2,1-8H3,(H2,26,27,29)/b16-14+/t25-/m0/s1. The number of nitrogens with zero attached hydrogens (tertiary/aromatic N) is 1. The Kier molecular flexibility index (Phi) is 8.45. The number of anilines is 1. The van der Waals surface area contributed by atoms with E-state index in [1.54, 1.807) is 27.7 Å². The predicted octanol–water partition coefficient (Wildman–Crippen LogP) is 5.69. The molecule has 0 unspecified atom stereocenters. The minimum Gasteiger partial charge on any atom is -0.444 e. The number of nitrogens with one attached hydrogen (secondary N) is 2. The topological polar surface area (TPSA) is 105 Å². The van der Waals surface area contributed by atoms with Crippen molar-refractivity contribution in [2.45, 2.75) is 91.2 Å². The molecule has 2 N–H and O–H groups in total. The number of rotatable bonds is 6. The highest BCUT2D eigenvalue weighted by molar-refractivity contribution is 7.92. The summed E-state index contributed by atoms with van der Waals surface area (Å²) in [6.45, 7) is 15.6. The molecule has 0 spiro atoms. The zero-order valence-corrected chi connectivity index (χ0v) is 22.4. The summed E-state index contributed by atoms with van der Waals surface area (Å²) in [6.07, 6.45) is 2.26. The van der Waals surface area contributed by atoms with E-state index in [9.17, 15) is 18.0 Å². The maximum Gasteiger partial charge on any atom is 0.410 e. The molecular weight excluding hydrogens is 454 g/mol. The molecule has 34 heavy (non-hydrogen) atoms. The summed E-state index contributed by atoms with van der Waals surface area (Å²) in [6, 6.07) is 4.95. The lowest BCUT2D eigenvalue weighted by atomic mass is 9.93. The number of ether oxygens (including phenoxy) is 1. The first kappa shape index (κ1) is 27.7. The van der Waals surface area contributed by atoms with Gasteiger partial charge in [-0.3, -0.25) is 4.90 Å². The summed E-state index contributed by atoms with van der Waals surface area (Å²) < 4.78 is 32.9. The van der Waals surface area contributed by atoms with Gasteiger partial charge in [0.15, 0.2) is 0 Å². The van der Waals surface area contributed by atoms with Crippen molar-refractivity contribution in [1.82, 2.24) is 9.62 Å². The molecule has 0 radical (unpaired) electrons. The highest BCUT2D eigenvalue weighted by Crippen LogP contribution is 2.33. The molecule has 2 rings (SSSR count). The third-order valence-corrected chi connectivity index (χ3v) is 6.71. The number of carbonyl (C=O) groups is 2. The van der Waals surface area contributed by atoms with Crippen LogP contribution in [0.15, 0.2) is 29.7 Å². The van der Waals surface area contributed by atoms with Crippen molar-refractivity contribution in [2.24, 2.45) is 0 Å². The van der Waals surface area contributed by atoms with Crippen LogP contribution in [0.4, 0.5) is 15.3 Å². The molecule has 1 aliphatic heterocycles. The van der Waals surface area contributed by atoms with Crippen molar-refractivity contribution < 1.29 is 22.7 Å². The highest BCUT2D eigenvalue weighted by atomic mass is 32.2. The van der Waals surface area contributed by atoms with Gasteiger partial charge >= 0.3 is 12.1 Å². The summed E-state index contributed by atoms with van der Waals surface area (Å²) in [5.41, 5.74) is 1.00. The molecule has 1 saturated heterocycles. The Morgan fingerprint density at radius 3 is 2.18 bits per heavy atom. The van der Waals surface area contributed by atoms with E-state index in [0.29, 0.717) is 18.7 Å². The van der Waals surface area contributed by atoms with Crippen molar-refractivity contribution in [3.05, 3.63) is 40.8 Å². The van der Waals surface area contributed by atoms with Gasteiger partial charge in [-0.1, -0.05) is 45.9 Å². The zero-order chi connectivity index (χ0) is 25.9. The smallest absolute Gasteiger partial charge is 0.410 e. The molecule has 3 amide bonds. The van der Waals surface area contributed by atoms with Crippen LogP contribution < -0.4 is 10.0 Å². The Bertz CT molecular complexity index is 1010. The van der Waals surface area contributed by atoms with E-state index < -0.39 is 33.3 Å². The second-order valence-corrected chi connectivity index (χ2v) is 12.2. The lowest BCUT2D eigenvalue weighted by Crippen LogP contribution is -2.46. The lowest BCUT2D eigenvalue weighted by molar-refractivity contribution is 0.0169. The van der Waals surface area contributed by atoms with Crippen LogP contribution in [0.3, 0.4) is 0 Å². The number of sulfonamides is 1. The maximum atomic E-state index is 12.7. The number of carbonyl (C=O) groups excluding carboxylic acids is 2. The summed E-state index contributed by atoms with van der Waals surface area (Å²) in [7, 11) is -4.10. The van der Waals surface area contributed by atoms with Crippen molar-refractivity contribution in [1.29, 1.82) is 0 Å². The quantitative estimate of drug-likeness (QED) is 0.530. The zero-order valence-electron chi connectivity index (χ0n) is 21.6. The minimum atomic E-state index is -4.10. The first-order valence-corrected chi connectivity index (χ1v) is 13.3. The summed E-state index contributed by atoms with van der Waals surface area (Å²) in [5, 5.41) is 3.69. The normalized spacial score (nSPS) is 19.2. The molecule has 0 bridgehead atoms. The summed E-state index contributed by atoms with van der Waals surface area (Å²) >= 11 is 0. The Balaban J connectivity index is 2.18. The largest absolute Gasteiger partial charge is 0.444 e. The number of amides is 3.